The first kappa shape index (κ1) is 45.1. The molecule has 0 atom stereocenters. The van der Waals surface area contributed by atoms with E-state index < -0.39 is 28.0 Å². The molecule has 6 heteroatoms. The fourth-order valence-electron chi connectivity index (χ4n) is 0. The Bertz CT molecular complexity index is 256. The molecule has 0 spiro atoms. The molecule has 0 aliphatic carbocycles. The van der Waals surface area contributed by atoms with Crippen molar-refractivity contribution < 1.29 is 47.9 Å². The Balaban J connectivity index is -0.0000000625. The zero-order valence-corrected chi connectivity index (χ0v) is 26.9. The first-order valence-corrected chi connectivity index (χ1v) is 11.4. The van der Waals surface area contributed by atoms with Gasteiger partial charge in [-0.05, 0) is 101 Å². The molecule has 0 aromatic carbocycles. The molecule has 0 fully saturated rings. The minimum absolute atomic E-state index is 0. The van der Waals surface area contributed by atoms with Crippen LogP contribution in [0, 0.1) is 0 Å². The summed E-state index contributed by atoms with van der Waals surface area (Å²) in [4.78, 5) is 0. The normalized spacial score (nSPS) is 11.6. The van der Waals surface area contributed by atoms with Gasteiger partial charge in [0, 0.05) is 22.4 Å². The average molecular weight is 622 g/mol. The second-order valence-electron chi connectivity index (χ2n) is 10.8. The van der Waals surface area contributed by atoms with E-state index in [1.54, 1.807) is 69.2 Å². The fourth-order valence-corrected chi connectivity index (χ4v) is 0. The van der Waals surface area contributed by atoms with Crippen LogP contribution in [-0.2, 0) is 22.4 Å². The third kappa shape index (κ3) is 103. The third-order valence-corrected chi connectivity index (χ3v) is 4.33. The molecule has 0 aliphatic rings. The summed E-state index contributed by atoms with van der Waals surface area (Å²) in [5.74, 6) is 0. The standard InChI is InChI=1S/5C5H12O.Ta/c5*1-4-5(2,3)6;/h5*6H,4H2,1-3H3;. The molecule has 5 N–H and O–H groups in total. The van der Waals surface area contributed by atoms with Gasteiger partial charge in [-0.3, -0.25) is 0 Å². The molecule has 5 nitrogen and oxygen atoms in total. The molecule has 195 valence electrons. The Hall–Kier alpha value is 0.540. The minimum atomic E-state index is -0.458. The van der Waals surface area contributed by atoms with E-state index in [4.69, 9.17) is 25.5 Å². The summed E-state index contributed by atoms with van der Waals surface area (Å²) in [6.07, 6.45) is 4.13. The van der Waals surface area contributed by atoms with Crippen molar-refractivity contribution in [1.82, 2.24) is 0 Å². The van der Waals surface area contributed by atoms with Crippen molar-refractivity contribution in [2.75, 3.05) is 0 Å². The maximum atomic E-state index is 8.83. The zero-order chi connectivity index (χ0) is 26.0. The van der Waals surface area contributed by atoms with E-state index in [0.29, 0.717) is 0 Å². The van der Waals surface area contributed by atoms with Crippen LogP contribution in [0.15, 0.2) is 0 Å². The van der Waals surface area contributed by atoms with Crippen molar-refractivity contribution in [2.24, 2.45) is 0 Å². The van der Waals surface area contributed by atoms with Crippen molar-refractivity contribution in [2.45, 2.75) is 164 Å². The molecule has 0 aliphatic heterocycles. The van der Waals surface area contributed by atoms with Gasteiger partial charge in [0.1, 0.15) is 0 Å². The van der Waals surface area contributed by atoms with Gasteiger partial charge >= 0.3 is 0 Å². The molecule has 0 unspecified atom stereocenters. The van der Waals surface area contributed by atoms with Crippen LogP contribution in [-0.4, -0.2) is 53.5 Å². The first-order valence-electron chi connectivity index (χ1n) is 11.4. The topological polar surface area (TPSA) is 101 Å². The maximum Gasteiger partial charge on any atom is 0.0589 e. The Morgan fingerprint density at radius 3 is 0.355 bits per heavy atom. The minimum Gasteiger partial charge on any atom is -0.390 e. The largest absolute Gasteiger partial charge is 0.390 e. The van der Waals surface area contributed by atoms with Gasteiger partial charge in [0.05, 0.1) is 28.0 Å². The molecule has 0 heterocycles. The van der Waals surface area contributed by atoms with Gasteiger partial charge in [-0.15, -0.1) is 0 Å². The van der Waals surface area contributed by atoms with Gasteiger partial charge in [-0.2, -0.15) is 0 Å². The van der Waals surface area contributed by atoms with Gasteiger partial charge in [-0.25, -0.2) is 0 Å². The van der Waals surface area contributed by atoms with Crippen LogP contribution < -0.4 is 0 Å². The fraction of sp³-hybridized carbons (Fsp3) is 1.00. The Morgan fingerprint density at radius 2 is 0.355 bits per heavy atom. The summed E-state index contributed by atoms with van der Waals surface area (Å²) in [6, 6.07) is 0. The molecule has 0 saturated carbocycles. The third-order valence-electron chi connectivity index (χ3n) is 4.33. The van der Waals surface area contributed by atoms with Crippen molar-refractivity contribution in [3.8, 4) is 0 Å². The van der Waals surface area contributed by atoms with E-state index in [1.165, 1.54) is 0 Å². The molecule has 0 aromatic rings. The van der Waals surface area contributed by atoms with Crippen LogP contribution >= 0.6 is 0 Å². The molecule has 31 heavy (non-hydrogen) atoms. The van der Waals surface area contributed by atoms with Crippen molar-refractivity contribution in [3.63, 3.8) is 0 Å². The van der Waals surface area contributed by atoms with Gasteiger partial charge in [0.25, 0.3) is 0 Å². The molecule has 0 saturated heterocycles. The van der Waals surface area contributed by atoms with Gasteiger partial charge in [-0.1, -0.05) is 34.6 Å². The number of aliphatic hydroxyl groups is 5. The van der Waals surface area contributed by atoms with E-state index in [-0.39, 0.29) is 22.4 Å². The SMILES string of the molecule is CCC(C)(C)O.CCC(C)(C)O.CCC(C)(C)O.CCC(C)(C)O.CCC(C)(C)O.[Ta]. The summed E-state index contributed by atoms with van der Waals surface area (Å²) >= 11 is 0. The monoisotopic (exact) mass is 621 g/mol. The Labute approximate surface area is 211 Å². The van der Waals surface area contributed by atoms with Gasteiger partial charge in [0.2, 0.25) is 0 Å². The molecule has 0 bridgehead atoms. The van der Waals surface area contributed by atoms with Crippen LogP contribution in [0.3, 0.4) is 0 Å². The van der Waals surface area contributed by atoms with Crippen LogP contribution in [0.25, 0.3) is 0 Å². The number of hydrogen-bond acceptors (Lipinski definition) is 5. The summed E-state index contributed by atoms with van der Waals surface area (Å²) in [7, 11) is 0. The smallest absolute Gasteiger partial charge is 0.0589 e. The Kier molecular flexibility index (Phi) is 30.7. The van der Waals surface area contributed by atoms with E-state index in [2.05, 4.69) is 0 Å². The van der Waals surface area contributed by atoms with Crippen molar-refractivity contribution >= 4 is 0 Å². The quantitative estimate of drug-likeness (QED) is 0.266. The molecular weight excluding hydrogens is 561 g/mol. The summed E-state index contributed by atoms with van der Waals surface area (Å²) in [5, 5.41) is 44.1. The van der Waals surface area contributed by atoms with Gasteiger partial charge < -0.3 is 25.5 Å². The first-order chi connectivity index (χ1) is 12.8. The van der Waals surface area contributed by atoms with Crippen molar-refractivity contribution in [3.05, 3.63) is 0 Å². The maximum absolute atomic E-state index is 8.83. The van der Waals surface area contributed by atoms with Crippen LogP contribution in [0.2, 0.25) is 0 Å². The second-order valence-corrected chi connectivity index (χ2v) is 10.8. The molecular formula is C25H60O5Ta. The summed E-state index contributed by atoms with van der Waals surface area (Å²) in [6.45, 7) is 27.8. The molecule has 1 radical (unpaired) electrons. The van der Waals surface area contributed by atoms with Crippen LogP contribution in [0.5, 0.6) is 0 Å². The predicted octanol–water partition coefficient (Wildman–Crippen LogP) is 5.83. The Morgan fingerprint density at radius 1 is 0.323 bits per heavy atom. The molecule has 0 amide bonds. The van der Waals surface area contributed by atoms with Crippen LogP contribution in [0.4, 0.5) is 0 Å². The van der Waals surface area contributed by atoms with E-state index in [0.717, 1.165) is 32.1 Å². The predicted molar refractivity (Wildman–Crippen MR) is 133 cm³/mol. The van der Waals surface area contributed by atoms with E-state index in [9.17, 15) is 0 Å². The summed E-state index contributed by atoms with van der Waals surface area (Å²) in [5.41, 5.74) is -2.29. The van der Waals surface area contributed by atoms with E-state index >= 15 is 0 Å². The van der Waals surface area contributed by atoms with Crippen molar-refractivity contribution in [1.29, 1.82) is 0 Å². The van der Waals surface area contributed by atoms with E-state index in [1.807, 2.05) is 34.6 Å². The summed E-state index contributed by atoms with van der Waals surface area (Å²) < 4.78 is 0. The second kappa shape index (κ2) is 21.1. The van der Waals surface area contributed by atoms with Gasteiger partial charge in [0.15, 0.2) is 0 Å². The average Bonchev–Trinajstić information content (AvgIpc) is 2.54. The molecule has 0 rings (SSSR count). The number of rotatable bonds is 5. The number of hydrogen-bond donors (Lipinski definition) is 5. The zero-order valence-electron chi connectivity index (χ0n) is 23.7. The van der Waals surface area contributed by atoms with Crippen LogP contribution in [0.1, 0.15) is 136 Å². The molecule has 0 aromatic heterocycles.